The van der Waals surface area contributed by atoms with E-state index in [-0.39, 0.29) is 0 Å². The Kier molecular flexibility index (Phi) is 3.39. The monoisotopic (exact) mass is 248 g/mol. The van der Waals surface area contributed by atoms with Gasteiger partial charge in [-0.25, -0.2) is 4.98 Å². The van der Waals surface area contributed by atoms with Crippen LogP contribution in [0, 0.1) is 0 Å². The maximum atomic E-state index is 4.24. The Labute approximate surface area is 109 Å². The lowest BCUT2D eigenvalue weighted by Gasteiger charge is -2.50. The van der Waals surface area contributed by atoms with Gasteiger partial charge in [-0.05, 0) is 12.8 Å². The summed E-state index contributed by atoms with van der Waals surface area (Å²) in [6.07, 6.45) is 10.8. The smallest absolute Gasteiger partial charge is 0.0945 e. The fraction of sp³-hybridized carbons (Fsp3) is 0.786. The molecule has 1 aromatic heterocycles. The van der Waals surface area contributed by atoms with Crippen molar-refractivity contribution in [3.63, 3.8) is 0 Å². The minimum atomic E-state index is 0.417. The van der Waals surface area contributed by atoms with Crippen LogP contribution in [0.1, 0.15) is 37.8 Å². The second-order valence-corrected chi connectivity index (χ2v) is 5.88. The van der Waals surface area contributed by atoms with E-state index in [1.54, 1.807) is 0 Å². The van der Waals surface area contributed by atoms with Gasteiger partial charge in [0.25, 0.3) is 0 Å². The van der Waals surface area contributed by atoms with Gasteiger partial charge in [0.15, 0.2) is 0 Å². The molecule has 2 heterocycles. The van der Waals surface area contributed by atoms with Gasteiger partial charge in [-0.3, -0.25) is 4.90 Å². The minimum absolute atomic E-state index is 0.417. The number of imidazole rings is 1. The van der Waals surface area contributed by atoms with Gasteiger partial charge >= 0.3 is 0 Å². The van der Waals surface area contributed by atoms with Crippen LogP contribution < -0.4 is 5.32 Å². The largest absolute Gasteiger partial charge is 0.337 e. The van der Waals surface area contributed by atoms with E-state index < -0.39 is 0 Å². The lowest BCUT2D eigenvalue weighted by atomic mass is 9.79. The molecule has 1 N–H and O–H groups in total. The summed E-state index contributed by atoms with van der Waals surface area (Å²) in [5.41, 5.74) is 1.75. The van der Waals surface area contributed by atoms with Gasteiger partial charge in [-0.15, -0.1) is 0 Å². The topological polar surface area (TPSA) is 33.1 Å². The fourth-order valence-electron chi connectivity index (χ4n) is 3.57. The molecule has 0 amide bonds. The Morgan fingerprint density at radius 3 is 2.89 bits per heavy atom. The molecule has 4 heteroatoms. The molecule has 1 saturated carbocycles. The van der Waals surface area contributed by atoms with Crippen molar-refractivity contribution in [1.29, 1.82) is 0 Å². The SMILES string of the molecule is Cn1cncc1CN1CCNCC12CCCCC2. The van der Waals surface area contributed by atoms with E-state index in [1.165, 1.54) is 50.9 Å². The van der Waals surface area contributed by atoms with Gasteiger partial charge in [-0.1, -0.05) is 19.3 Å². The zero-order valence-electron chi connectivity index (χ0n) is 11.4. The van der Waals surface area contributed by atoms with E-state index >= 15 is 0 Å². The quantitative estimate of drug-likeness (QED) is 0.861. The zero-order chi connectivity index (χ0) is 12.4. The van der Waals surface area contributed by atoms with Crippen LogP contribution in [-0.4, -0.2) is 39.6 Å². The van der Waals surface area contributed by atoms with Crippen molar-refractivity contribution in [3.05, 3.63) is 18.2 Å². The number of hydrogen-bond donors (Lipinski definition) is 1. The highest BCUT2D eigenvalue weighted by atomic mass is 15.3. The first-order valence-electron chi connectivity index (χ1n) is 7.21. The van der Waals surface area contributed by atoms with Crippen molar-refractivity contribution in [2.75, 3.05) is 19.6 Å². The molecular formula is C14H24N4. The molecule has 4 nitrogen and oxygen atoms in total. The normalized spacial score (nSPS) is 24.5. The van der Waals surface area contributed by atoms with E-state index in [0.29, 0.717) is 5.54 Å². The summed E-state index contributed by atoms with van der Waals surface area (Å²) in [4.78, 5) is 6.95. The Hall–Kier alpha value is -0.870. The van der Waals surface area contributed by atoms with Crippen LogP contribution in [0.2, 0.25) is 0 Å². The molecule has 1 aliphatic carbocycles. The second-order valence-electron chi connectivity index (χ2n) is 5.88. The number of hydrogen-bond acceptors (Lipinski definition) is 3. The van der Waals surface area contributed by atoms with Crippen molar-refractivity contribution >= 4 is 0 Å². The van der Waals surface area contributed by atoms with Crippen LogP contribution in [-0.2, 0) is 13.6 Å². The predicted octanol–water partition coefficient (Wildman–Crippen LogP) is 1.53. The lowest BCUT2D eigenvalue weighted by Crippen LogP contribution is -2.61. The zero-order valence-corrected chi connectivity index (χ0v) is 11.4. The molecule has 0 atom stereocenters. The summed E-state index contributed by atoms with van der Waals surface area (Å²) >= 11 is 0. The van der Waals surface area contributed by atoms with E-state index in [9.17, 15) is 0 Å². The third-order valence-corrected chi connectivity index (χ3v) is 4.74. The maximum absolute atomic E-state index is 4.24. The van der Waals surface area contributed by atoms with Gasteiger partial charge < -0.3 is 9.88 Å². The van der Waals surface area contributed by atoms with Crippen LogP contribution in [0.25, 0.3) is 0 Å². The number of aryl methyl sites for hydroxylation is 1. The first-order valence-corrected chi connectivity index (χ1v) is 7.21. The summed E-state index contributed by atoms with van der Waals surface area (Å²) in [5.74, 6) is 0. The van der Waals surface area contributed by atoms with Gasteiger partial charge in [-0.2, -0.15) is 0 Å². The Morgan fingerprint density at radius 2 is 2.17 bits per heavy atom. The molecule has 0 radical (unpaired) electrons. The summed E-state index contributed by atoms with van der Waals surface area (Å²) < 4.78 is 2.15. The van der Waals surface area contributed by atoms with Crippen molar-refractivity contribution in [2.45, 2.75) is 44.2 Å². The van der Waals surface area contributed by atoms with Crippen molar-refractivity contribution in [2.24, 2.45) is 7.05 Å². The van der Waals surface area contributed by atoms with E-state index in [2.05, 4.69) is 26.8 Å². The van der Waals surface area contributed by atoms with Crippen molar-refractivity contribution in [1.82, 2.24) is 19.8 Å². The fourth-order valence-corrected chi connectivity index (χ4v) is 3.57. The number of aromatic nitrogens is 2. The number of piperazine rings is 1. The van der Waals surface area contributed by atoms with Gasteiger partial charge in [0.1, 0.15) is 0 Å². The molecule has 3 rings (SSSR count). The first-order chi connectivity index (χ1) is 8.80. The van der Waals surface area contributed by atoms with E-state index in [4.69, 9.17) is 0 Å². The second kappa shape index (κ2) is 5.02. The summed E-state index contributed by atoms with van der Waals surface area (Å²) in [6, 6.07) is 0. The molecular weight excluding hydrogens is 224 g/mol. The van der Waals surface area contributed by atoms with Crippen LogP contribution in [0.5, 0.6) is 0 Å². The molecule has 0 unspecified atom stereocenters. The molecule has 1 aromatic rings. The summed E-state index contributed by atoms with van der Waals surface area (Å²) in [5, 5.41) is 3.61. The first kappa shape index (κ1) is 12.2. The molecule has 100 valence electrons. The third-order valence-electron chi connectivity index (χ3n) is 4.74. The lowest BCUT2D eigenvalue weighted by molar-refractivity contribution is 0.0193. The van der Waals surface area contributed by atoms with E-state index in [0.717, 1.165) is 13.1 Å². The average Bonchev–Trinajstić information content (AvgIpc) is 2.79. The van der Waals surface area contributed by atoms with Crippen LogP contribution in [0.15, 0.2) is 12.5 Å². The van der Waals surface area contributed by atoms with Gasteiger partial charge in [0, 0.05) is 45.0 Å². The van der Waals surface area contributed by atoms with E-state index in [1.807, 2.05) is 12.5 Å². The molecule has 2 aliphatic rings. The Bertz CT molecular complexity index is 384. The molecule has 2 fully saturated rings. The highest BCUT2D eigenvalue weighted by molar-refractivity contribution is 5.04. The molecule has 1 aliphatic heterocycles. The van der Waals surface area contributed by atoms with Gasteiger partial charge in [0.05, 0.1) is 12.0 Å². The Morgan fingerprint density at radius 1 is 1.33 bits per heavy atom. The number of nitrogens with one attached hydrogen (secondary N) is 1. The molecule has 1 spiro atoms. The minimum Gasteiger partial charge on any atom is -0.337 e. The van der Waals surface area contributed by atoms with Crippen molar-refractivity contribution < 1.29 is 0 Å². The van der Waals surface area contributed by atoms with Crippen LogP contribution in [0.4, 0.5) is 0 Å². The molecule has 0 bridgehead atoms. The highest BCUT2D eigenvalue weighted by Crippen LogP contribution is 2.35. The highest BCUT2D eigenvalue weighted by Gasteiger charge is 2.39. The average molecular weight is 248 g/mol. The van der Waals surface area contributed by atoms with Crippen LogP contribution in [0.3, 0.4) is 0 Å². The third kappa shape index (κ3) is 2.19. The molecule has 1 saturated heterocycles. The van der Waals surface area contributed by atoms with Gasteiger partial charge in [0.2, 0.25) is 0 Å². The standard InChI is InChI=1S/C14H24N4/c1-17-12-16-9-13(17)10-18-8-7-15-11-14(18)5-3-2-4-6-14/h9,12,15H,2-8,10-11H2,1H3. The number of rotatable bonds is 2. The predicted molar refractivity (Wildman–Crippen MR) is 72.3 cm³/mol. The summed E-state index contributed by atoms with van der Waals surface area (Å²) in [7, 11) is 2.10. The Balaban J connectivity index is 1.77. The van der Waals surface area contributed by atoms with Crippen LogP contribution >= 0.6 is 0 Å². The maximum Gasteiger partial charge on any atom is 0.0945 e. The number of nitrogens with zero attached hydrogens (tertiary/aromatic N) is 3. The van der Waals surface area contributed by atoms with Crippen molar-refractivity contribution in [3.8, 4) is 0 Å². The molecule has 0 aromatic carbocycles. The molecule has 18 heavy (non-hydrogen) atoms. The summed E-state index contributed by atoms with van der Waals surface area (Å²) in [6.45, 7) is 4.52.